The molecule has 0 amide bonds. The lowest BCUT2D eigenvalue weighted by atomic mass is 9.91. The Kier molecular flexibility index (Phi) is 4.42. The molecule has 17 heavy (non-hydrogen) atoms. The molecule has 0 bridgehead atoms. The molecule has 0 N–H and O–H groups in total. The average Bonchev–Trinajstić information content (AvgIpc) is 2.35. The third-order valence-corrected chi connectivity index (χ3v) is 4.57. The Morgan fingerprint density at radius 1 is 1.18 bits per heavy atom. The summed E-state index contributed by atoms with van der Waals surface area (Å²) >= 11 is 0. The van der Waals surface area contributed by atoms with Gasteiger partial charge in [0.1, 0.15) is 0 Å². The monoisotopic (exact) mass is 235 g/mol. The molecule has 3 heteroatoms. The Labute approximate surface area is 105 Å². The smallest absolute Gasteiger partial charge is 0.0638 e. The van der Waals surface area contributed by atoms with Gasteiger partial charge in [-0.2, -0.15) is 5.26 Å². The quantitative estimate of drug-likeness (QED) is 0.735. The molecule has 0 spiro atoms. The number of nitrogens with zero attached hydrogens (tertiary/aromatic N) is 3. The first-order valence-electron chi connectivity index (χ1n) is 7.05. The molecule has 2 atom stereocenters. The van der Waals surface area contributed by atoms with Crippen molar-refractivity contribution in [2.24, 2.45) is 0 Å². The van der Waals surface area contributed by atoms with Gasteiger partial charge < -0.3 is 4.90 Å². The first-order valence-corrected chi connectivity index (χ1v) is 7.05. The van der Waals surface area contributed by atoms with E-state index in [-0.39, 0.29) is 0 Å². The molecule has 96 valence electrons. The molecule has 0 aromatic heterocycles. The van der Waals surface area contributed by atoms with Crippen LogP contribution in [0.5, 0.6) is 0 Å². The van der Waals surface area contributed by atoms with Crippen molar-refractivity contribution < 1.29 is 0 Å². The number of rotatable bonds is 2. The first kappa shape index (κ1) is 12.9. The van der Waals surface area contributed by atoms with E-state index in [4.69, 9.17) is 5.26 Å². The van der Waals surface area contributed by atoms with Crippen molar-refractivity contribution in [1.29, 1.82) is 5.26 Å². The summed E-state index contributed by atoms with van der Waals surface area (Å²) in [6.07, 6.45) is 7.54. The van der Waals surface area contributed by atoms with Gasteiger partial charge in [-0.05, 0) is 26.8 Å². The molecule has 2 aliphatic rings. The lowest BCUT2D eigenvalue weighted by Gasteiger charge is -2.47. The predicted octanol–water partition coefficient (Wildman–Crippen LogP) is 2.24. The third-order valence-electron chi connectivity index (χ3n) is 4.57. The van der Waals surface area contributed by atoms with Crippen molar-refractivity contribution in [1.82, 2.24) is 9.80 Å². The van der Waals surface area contributed by atoms with E-state index in [2.05, 4.69) is 29.8 Å². The second kappa shape index (κ2) is 5.84. The van der Waals surface area contributed by atoms with Crippen LogP contribution in [0.1, 0.15) is 45.4 Å². The lowest BCUT2D eigenvalue weighted by Crippen LogP contribution is -2.59. The topological polar surface area (TPSA) is 30.3 Å². The maximum Gasteiger partial charge on any atom is 0.0638 e. The number of nitriles is 1. The van der Waals surface area contributed by atoms with E-state index in [1.807, 2.05) is 0 Å². The maximum absolute atomic E-state index is 8.99. The van der Waals surface area contributed by atoms with Gasteiger partial charge in [-0.15, -0.1) is 0 Å². The van der Waals surface area contributed by atoms with E-state index < -0.39 is 0 Å². The third kappa shape index (κ3) is 3.00. The standard InChI is InChI=1S/C14H25N3/c1-12-10-17(13-6-4-3-5-7-13)14(8-9-15)11-16(12)2/h12-14H,3-8,10-11H2,1-2H3. The van der Waals surface area contributed by atoms with E-state index in [0.29, 0.717) is 18.5 Å². The van der Waals surface area contributed by atoms with Crippen LogP contribution in [-0.4, -0.2) is 48.1 Å². The molecule has 0 radical (unpaired) electrons. The van der Waals surface area contributed by atoms with Crippen LogP contribution in [0.25, 0.3) is 0 Å². The van der Waals surface area contributed by atoms with Gasteiger partial charge in [0.25, 0.3) is 0 Å². The number of piperazine rings is 1. The number of hydrogen-bond acceptors (Lipinski definition) is 3. The molecule has 1 saturated carbocycles. The van der Waals surface area contributed by atoms with Gasteiger partial charge in [-0.3, -0.25) is 4.90 Å². The zero-order chi connectivity index (χ0) is 12.3. The summed E-state index contributed by atoms with van der Waals surface area (Å²) in [6, 6.07) is 4.22. The molecule has 0 aromatic carbocycles. The number of likely N-dealkylation sites (N-methyl/N-ethyl adjacent to an activating group) is 1. The second-order valence-corrected chi connectivity index (χ2v) is 5.79. The van der Waals surface area contributed by atoms with Crippen LogP contribution in [0.4, 0.5) is 0 Å². The van der Waals surface area contributed by atoms with E-state index >= 15 is 0 Å². The summed E-state index contributed by atoms with van der Waals surface area (Å²) in [5, 5.41) is 8.99. The van der Waals surface area contributed by atoms with Crippen molar-refractivity contribution in [3.8, 4) is 6.07 Å². The first-order chi connectivity index (χ1) is 8.22. The SMILES string of the molecule is CC1CN(C2CCCCC2)C(CC#N)CN1C. The second-order valence-electron chi connectivity index (χ2n) is 5.79. The van der Waals surface area contributed by atoms with Crippen molar-refractivity contribution in [2.45, 2.75) is 63.6 Å². The van der Waals surface area contributed by atoms with Gasteiger partial charge in [0.2, 0.25) is 0 Å². The van der Waals surface area contributed by atoms with Crippen LogP contribution in [0, 0.1) is 11.3 Å². The van der Waals surface area contributed by atoms with Crippen LogP contribution in [0.2, 0.25) is 0 Å². The lowest BCUT2D eigenvalue weighted by molar-refractivity contribution is 0.0108. The van der Waals surface area contributed by atoms with Gasteiger partial charge >= 0.3 is 0 Å². The predicted molar refractivity (Wildman–Crippen MR) is 69.7 cm³/mol. The van der Waals surface area contributed by atoms with Crippen LogP contribution in [0.3, 0.4) is 0 Å². The van der Waals surface area contributed by atoms with E-state index in [1.54, 1.807) is 0 Å². The van der Waals surface area contributed by atoms with Gasteiger partial charge in [0, 0.05) is 31.2 Å². The summed E-state index contributed by atoms with van der Waals surface area (Å²) < 4.78 is 0. The normalized spacial score (nSPS) is 33.5. The molecule has 1 aliphatic carbocycles. The van der Waals surface area contributed by atoms with Crippen LogP contribution >= 0.6 is 0 Å². The highest BCUT2D eigenvalue weighted by atomic mass is 15.3. The molecule has 2 fully saturated rings. The van der Waals surface area contributed by atoms with E-state index in [9.17, 15) is 0 Å². The summed E-state index contributed by atoms with van der Waals surface area (Å²) in [5.41, 5.74) is 0. The zero-order valence-corrected chi connectivity index (χ0v) is 11.2. The average molecular weight is 235 g/mol. The van der Waals surface area contributed by atoms with Gasteiger partial charge in [-0.1, -0.05) is 19.3 Å². The summed E-state index contributed by atoms with van der Waals surface area (Å²) in [5.74, 6) is 0. The Morgan fingerprint density at radius 3 is 2.53 bits per heavy atom. The molecular weight excluding hydrogens is 210 g/mol. The largest absolute Gasteiger partial charge is 0.301 e. The summed E-state index contributed by atoms with van der Waals surface area (Å²) in [7, 11) is 2.19. The minimum absolute atomic E-state index is 0.462. The Hall–Kier alpha value is -0.590. The molecule has 2 unspecified atom stereocenters. The van der Waals surface area contributed by atoms with Crippen LogP contribution in [-0.2, 0) is 0 Å². The van der Waals surface area contributed by atoms with Crippen LogP contribution in [0.15, 0.2) is 0 Å². The Bertz CT molecular complexity index is 278. The van der Waals surface area contributed by atoms with Crippen molar-refractivity contribution in [2.75, 3.05) is 20.1 Å². The minimum atomic E-state index is 0.462. The molecular formula is C14H25N3. The summed E-state index contributed by atoms with van der Waals surface area (Å²) in [6.45, 7) is 4.51. The molecule has 3 nitrogen and oxygen atoms in total. The van der Waals surface area contributed by atoms with Crippen LogP contribution < -0.4 is 0 Å². The van der Waals surface area contributed by atoms with Gasteiger partial charge in [0.15, 0.2) is 0 Å². The fourth-order valence-electron chi connectivity index (χ4n) is 3.36. The zero-order valence-electron chi connectivity index (χ0n) is 11.2. The molecule has 1 heterocycles. The van der Waals surface area contributed by atoms with Gasteiger partial charge in [0.05, 0.1) is 12.5 Å². The molecule has 2 rings (SSSR count). The van der Waals surface area contributed by atoms with E-state index in [0.717, 1.165) is 19.1 Å². The Balaban J connectivity index is 2.02. The highest BCUT2D eigenvalue weighted by molar-refractivity contribution is 4.94. The fraction of sp³-hybridized carbons (Fsp3) is 0.929. The Morgan fingerprint density at radius 2 is 1.88 bits per heavy atom. The van der Waals surface area contributed by atoms with E-state index in [1.165, 1.54) is 32.1 Å². The maximum atomic E-state index is 8.99. The molecule has 1 aliphatic heterocycles. The van der Waals surface area contributed by atoms with Crippen molar-refractivity contribution in [3.63, 3.8) is 0 Å². The fourth-order valence-corrected chi connectivity index (χ4v) is 3.36. The molecule has 0 aromatic rings. The minimum Gasteiger partial charge on any atom is -0.301 e. The highest BCUT2D eigenvalue weighted by Gasteiger charge is 2.34. The van der Waals surface area contributed by atoms with Crippen molar-refractivity contribution >= 4 is 0 Å². The number of hydrogen-bond donors (Lipinski definition) is 0. The molecule has 1 saturated heterocycles. The van der Waals surface area contributed by atoms with Crippen molar-refractivity contribution in [3.05, 3.63) is 0 Å². The summed E-state index contributed by atoms with van der Waals surface area (Å²) in [4.78, 5) is 5.05. The highest BCUT2D eigenvalue weighted by Crippen LogP contribution is 2.28. The van der Waals surface area contributed by atoms with Gasteiger partial charge in [-0.25, -0.2) is 0 Å².